The number of fused-ring (bicyclic) bond motifs is 1. The van der Waals surface area contributed by atoms with E-state index >= 15 is 0 Å². The molecule has 1 heterocycles. The first-order valence-electron chi connectivity index (χ1n) is 7.08. The first kappa shape index (κ1) is 15.4. The van der Waals surface area contributed by atoms with Crippen LogP contribution in [0.15, 0.2) is 47.8 Å². The first-order chi connectivity index (χ1) is 11.2. The molecule has 0 fully saturated rings. The second kappa shape index (κ2) is 6.71. The number of benzene rings is 2. The summed E-state index contributed by atoms with van der Waals surface area (Å²) in [4.78, 5) is 12.4. The summed E-state index contributed by atoms with van der Waals surface area (Å²) in [7, 11) is 3.03. The second-order valence-corrected chi connectivity index (χ2v) is 5.79. The summed E-state index contributed by atoms with van der Waals surface area (Å²) in [6, 6.07) is 13.2. The van der Waals surface area contributed by atoms with Gasteiger partial charge < -0.3 is 14.2 Å². The Morgan fingerprint density at radius 1 is 1.04 bits per heavy atom. The lowest BCUT2D eigenvalue weighted by molar-refractivity contribution is 0.0470. The molecule has 2 aromatic carbocycles. The van der Waals surface area contributed by atoms with Gasteiger partial charge >= 0.3 is 5.97 Å². The van der Waals surface area contributed by atoms with Crippen molar-refractivity contribution in [3.05, 3.63) is 59.0 Å². The van der Waals surface area contributed by atoms with Crippen molar-refractivity contribution in [2.24, 2.45) is 0 Å². The minimum atomic E-state index is -0.434. The summed E-state index contributed by atoms with van der Waals surface area (Å²) in [5.74, 6) is 0.453. The molecule has 1 aromatic heterocycles. The SMILES string of the molecule is COc1cccc(C(=O)OCc2csc3ccccc23)c1OC. The number of hydrogen-bond donors (Lipinski definition) is 0. The highest BCUT2D eigenvalue weighted by atomic mass is 32.1. The number of hydrogen-bond acceptors (Lipinski definition) is 5. The maximum absolute atomic E-state index is 12.4. The van der Waals surface area contributed by atoms with Gasteiger partial charge in [-0.15, -0.1) is 11.3 Å². The van der Waals surface area contributed by atoms with E-state index in [9.17, 15) is 4.79 Å². The fourth-order valence-electron chi connectivity index (χ4n) is 2.41. The summed E-state index contributed by atoms with van der Waals surface area (Å²) in [5.41, 5.74) is 1.35. The molecule has 0 bridgehead atoms. The Bertz CT molecular complexity index is 838. The normalized spacial score (nSPS) is 10.5. The smallest absolute Gasteiger partial charge is 0.342 e. The minimum absolute atomic E-state index is 0.225. The Hall–Kier alpha value is -2.53. The molecule has 23 heavy (non-hydrogen) atoms. The molecule has 4 nitrogen and oxygen atoms in total. The van der Waals surface area contributed by atoms with E-state index in [4.69, 9.17) is 14.2 Å². The van der Waals surface area contributed by atoms with E-state index in [1.807, 2.05) is 23.6 Å². The van der Waals surface area contributed by atoms with Crippen LogP contribution in [0.3, 0.4) is 0 Å². The van der Waals surface area contributed by atoms with Crippen molar-refractivity contribution >= 4 is 27.4 Å². The fourth-order valence-corrected chi connectivity index (χ4v) is 3.36. The molecule has 0 aliphatic heterocycles. The summed E-state index contributed by atoms with van der Waals surface area (Å²) in [6.45, 7) is 0.225. The third-order valence-corrected chi connectivity index (χ3v) is 4.56. The van der Waals surface area contributed by atoms with Gasteiger partial charge in [-0.1, -0.05) is 24.3 Å². The van der Waals surface area contributed by atoms with Crippen molar-refractivity contribution < 1.29 is 19.0 Å². The molecule has 0 atom stereocenters. The second-order valence-electron chi connectivity index (χ2n) is 4.87. The average molecular weight is 328 g/mol. The molecule has 118 valence electrons. The molecule has 3 aromatic rings. The molecule has 0 aliphatic rings. The van der Waals surface area contributed by atoms with Gasteiger partial charge in [0.1, 0.15) is 12.2 Å². The number of para-hydroxylation sites is 1. The Kier molecular flexibility index (Phi) is 4.48. The zero-order valence-corrected chi connectivity index (χ0v) is 13.7. The van der Waals surface area contributed by atoms with Crippen LogP contribution in [0.5, 0.6) is 11.5 Å². The monoisotopic (exact) mass is 328 g/mol. The summed E-state index contributed by atoms with van der Waals surface area (Å²) in [6.07, 6.45) is 0. The Balaban J connectivity index is 1.80. The topological polar surface area (TPSA) is 44.8 Å². The lowest BCUT2D eigenvalue weighted by Crippen LogP contribution is -2.07. The van der Waals surface area contributed by atoms with Crippen molar-refractivity contribution in [1.82, 2.24) is 0 Å². The zero-order valence-electron chi connectivity index (χ0n) is 12.9. The summed E-state index contributed by atoms with van der Waals surface area (Å²) in [5, 5.41) is 3.13. The minimum Gasteiger partial charge on any atom is -0.493 e. The van der Waals surface area contributed by atoms with Crippen LogP contribution >= 0.6 is 11.3 Å². The van der Waals surface area contributed by atoms with E-state index in [1.165, 1.54) is 18.9 Å². The molecule has 0 spiro atoms. The zero-order chi connectivity index (χ0) is 16.2. The highest BCUT2D eigenvalue weighted by Gasteiger charge is 2.18. The van der Waals surface area contributed by atoms with Gasteiger partial charge in [-0.25, -0.2) is 4.79 Å². The van der Waals surface area contributed by atoms with Crippen LogP contribution in [-0.4, -0.2) is 20.2 Å². The fraction of sp³-hybridized carbons (Fsp3) is 0.167. The van der Waals surface area contributed by atoms with Gasteiger partial charge in [-0.3, -0.25) is 0 Å². The van der Waals surface area contributed by atoms with Crippen LogP contribution in [0.4, 0.5) is 0 Å². The molecule has 0 amide bonds. The number of carbonyl (C=O) groups excluding carboxylic acids is 1. The lowest BCUT2D eigenvalue weighted by atomic mass is 10.1. The first-order valence-corrected chi connectivity index (χ1v) is 7.95. The van der Waals surface area contributed by atoms with E-state index in [0.717, 1.165) is 10.9 Å². The van der Waals surface area contributed by atoms with Gasteiger partial charge in [0.15, 0.2) is 11.5 Å². The molecular weight excluding hydrogens is 312 g/mol. The van der Waals surface area contributed by atoms with Crippen molar-refractivity contribution in [2.45, 2.75) is 6.61 Å². The number of ether oxygens (including phenoxy) is 3. The molecule has 0 radical (unpaired) electrons. The van der Waals surface area contributed by atoms with Gasteiger partial charge in [-0.2, -0.15) is 0 Å². The molecule has 0 unspecified atom stereocenters. The number of methoxy groups -OCH3 is 2. The molecule has 0 saturated heterocycles. The Morgan fingerprint density at radius 3 is 2.65 bits per heavy atom. The van der Waals surface area contributed by atoms with Gasteiger partial charge in [0, 0.05) is 10.3 Å². The Labute approximate surface area is 138 Å². The van der Waals surface area contributed by atoms with Crippen molar-refractivity contribution in [3.8, 4) is 11.5 Å². The van der Waals surface area contributed by atoms with E-state index in [1.54, 1.807) is 29.5 Å². The lowest BCUT2D eigenvalue weighted by Gasteiger charge is -2.12. The van der Waals surface area contributed by atoms with Gasteiger partial charge in [0.2, 0.25) is 0 Å². The van der Waals surface area contributed by atoms with Crippen LogP contribution in [0.1, 0.15) is 15.9 Å². The van der Waals surface area contributed by atoms with Crippen LogP contribution in [0.25, 0.3) is 10.1 Å². The van der Waals surface area contributed by atoms with Crippen LogP contribution < -0.4 is 9.47 Å². The maximum Gasteiger partial charge on any atom is 0.342 e. The highest BCUT2D eigenvalue weighted by molar-refractivity contribution is 7.17. The molecular formula is C18H16O4S. The maximum atomic E-state index is 12.4. The van der Waals surface area contributed by atoms with Crippen LogP contribution in [-0.2, 0) is 11.3 Å². The quantitative estimate of drug-likeness (QED) is 0.656. The van der Waals surface area contributed by atoms with E-state index < -0.39 is 5.97 Å². The third kappa shape index (κ3) is 3.00. The summed E-state index contributed by atoms with van der Waals surface area (Å²) < 4.78 is 17.1. The van der Waals surface area contributed by atoms with Crippen molar-refractivity contribution in [2.75, 3.05) is 14.2 Å². The Morgan fingerprint density at radius 2 is 1.87 bits per heavy atom. The van der Waals surface area contributed by atoms with Gasteiger partial charge in [0.05, 0.1) is 14.2 Å². The van der Waals surface area contributed by atoms with E-state index in [-0.39, 0.29) is 6.61 Å². The molecule has 0 saturated carbocycles. The number of thiophene rings is 1. The molecule has 5 heteroatoms. The van der Waals surface area contributed by atoms with E-state index in [2.05, 4.69) is 6.07 Å². The largest absolute Gasteiger partial charge is 0.493 e. The predicted octanol–water partition coefficient (Wildman–Crippen LogP) is 4.28. The van der Waals surface area contributed by atoms with Crippen molar-refractivity contribution in [3.63, 3.8) is 0 Å². The van der Waals surface area contributed by atoms with Crippen LogP contribution in [0, 0.1) is 0 Å². The van der Waals surface area contributed by atoms with E-state index in [0.29, 0.717) is 17.1 Å². The standard InChI is InChI=1S/C18H16O4S/c1-20-15-8-5-7-14(17(15)21-2)18(19)22-10-12-11-23-16-9-4-3-6-13(12)16/h3-9,11H,10H2,1-2H3. The number of rotatable bonds is 5. The molecule has 0 aliphatic carbocycles. The number of carbonyl (C=O) groups is 1. The molecule has 0 N–H and O–H groups in total. The third-order valence-electron chi connectivity index (χ3n) is 3.54. The van der Waals surface area contributed by atoms with Gasteiger partial charge in [-0.05, 0) is 29.0 Å². The van der Waals surface area contributed by atoms with Gasteiger partial charge in [0.25, 0.3) is 0 Å². The number of esters is 1. The van der Waals surface area contributed by atoms with Crippen molar-refractivity contribution in [1.29, 1.82) is 0 Å². The average Bonchev–Trinajstić information content (AvgIpc) is 3.02. The summed E-state index contributed by atoms with van der Waals surface area (Å²) >= 11 is 1.64. The highest BCUT2D eigenvalue weighted by Crippen LogP contribution is 2.32. The predicted molar refractivity (Wildman–Crippen MR) is 90.5 cm³/mol. The molecule has 3 rings (SSSR count). The van der Waals surface area contributed by atoms with Crippen LogP contribution in [0.2, 0.25) is 0 Å².